The third-order valence-electron chi connectivity index (χ3n) is 2.95. The summed E-state index contributed by atoms with van der Waals surface area (Å²) in [4.78, 5) is 15.7. The van der Waals surface area contributed by atoms with Crippen LogP contribution < -0.4 is 5.32 Å². The highest BCUT2D eigenvalue weighted by Gasteiger charge is 2.08. The number of benzene rings is 1. The number of nitrogens with one attached hydrogen (secondary N) is 1. The van der Waals surface area contributed by atoms with E-state index in [4.69, 9.17) is 0 Å². The largest absolute Gasteiger partial charge is 0.310 e. The van der Waals surface area contributed by atoms with Crippen molar-refractivity contribution >= 4 is 11.7 Å². The summed E-state index contributed by atoms with van der Waals surface area (Å²) in [6, 6.07) is 10.3. The summed E-state index contributed by atoms with van der Waals surface area (Å²) >= 11 is 0. The summed E-state index contributed by atoms with van der Waals surface area (Å²) in [6.07, 6.45) is 2.14. The van der Waals surface area contributed by atoms with Gasteiger partial charge in [-0.2, -0.15) is 0 Å². The molecule has 104 valence electrons. The minimum absolute atomic E-state index is 0.0700. The van der Waals surface area contributed by atoms with Crippen molar-refractivity contribution < 1.29 is 9.18 Å². The maximum Gasteiger partial charge on any atom is 0.228 e. The molecule has 0 unspecified atom stereocenters. The summed E-state index contributed by atoms with van der Waals surface area (Å²) in [5.41, 5.74) is 1.53. The number of aromatic nitrogens is 1. The van der Waals surface area contributed by atoms with Crippen LogP contribution in [0, 0.1) is 11.7 Å². The zero-order valence-electron chi connectivity index (χ0n) is 11.6. The molecule has 0 aliphatic heterocycles. The first-order valence-corrected chi connectivity index (χ1v) is 6.55. The second kappa shape index (κ2) is 6.28. The Bertz CT molecular complexity index is 594. The smallest absolute Gasteiger partial charge is 0.228 e. The van der Waals surface area contributed by atoms with E-state index < -0.39 is 0 Å². The van der Waals surface area contributed by atoms with Gasteiger partial charge in [0.2, 0.25) is 5.91 Å². The predicted molar refractivity (Wildman–Crippen MR) is 76.9 cm³/mol. The van der Waals surface area contributed by atoms with Crippen molar-refractivity contribution in [2.24, 2.45) is 5.92 Å². The molecule has 0 radical (unpaired) electrons. The number of amides is 1. The molecule has 1 aromatic heterocycles. The minimum atomic E-state index is -0.218. The summed E-state index contributed by atoms with van der Waals surface area (Å²) in [5.74, 6) is 0.139. The normalized spacial score (nSPS) is 10.6. The van der Waals surface area contributed by atoms with Gasteiger partial charge in [0.25, 0.3) is 0 Å². The zero-order valence-corrected chi connectivity index (χ0v) is 11.6. The molecule has 0 fully saturated rings. The number of pyridine rings is 1. The number of hydrogen-bond donors (Lipinski definition) is 1. The van der Waals surface area contributed by atoms with Crippen LogP contribution in [0.25, 0.3) is 0 Å². The second-order valence-electron chi connectivity index (χ2n) is 4.96. The highest BCUT2D eigenvalue weighted by molar-refractivity contribution is 5.91. The number of nitrogens with zero attached hydrogens (tertiary/aromatic N) is 1. The topological polar surface area (TPSA) is 42.0 Å². The first-order chi connectivity index (χ1) is 9.56. The molecular weight excluding hydrogens is 255 g/mol. The van der Waals surface area contributed by atoms with E-state index in [-0.39, 0.29) is 17.6 Å². The molecule has 1 amide bonds. The van der Waals surface area contributed by atoms with E-state index in [1.807, 2.05) is 26.0 Å². The highest BCUT2D eigenvalue weighted by atomic mass is 19.1. The van der Waals surface area contributed by atoms with Crippen LogP contribution in [0.5, 0.6) is 0 Å². The third kappa shape index (κ3) is 3.63. The van der Waals surface area contributed by atoms with Gasteiger partial charge in [-0.1, -0.05) is 38.1 Å². The molecule has 0 spiro atoms. The lowest BCUT2D eigenvalue weighted by atomic mass is 10.1. The van der Waals surface area contributed by atoms with Gasteiger partial charge in [0.05, 0.1) is 0 Å². The van der Waals surface area contributed by atoms with E-state index in [1.54, 1.807) is 24.4 Å². The Kier molecular flexibility index (Phi) is 4.45. The lowest BCUT2D eigenvalue weighted by molar-refractivity contribution is -0.118. The van der Waals surface area contributed by atoms with Crippen LogP contribution in [0.15, 0.2) is 42.6 Å². The van der Waals surface area contributed by atoms with Crippen molar-refractivity contribution in [3.05, 3.63) is 59.5 Å². The van der Waals surface area contributed by atoms with Gasteiger partial charge in [-0.3, -0.25) is 4.79 Å². The zero-order chi connectivity index (χ0) is 14.5. The van der Waals surface area contributed by atoms with Gasteiger partial charge in [0, 0.05) is 18.5 Å². The standard InChI is InChI=1S/C16H17FN2O/c1-11(2)16(20)19-15-8-7-12(10-18-15)9-13-5-3-4-6-14(13)17/h3-8,10-11H,9H2,1-2H3,(H,18,19,20). The Balaban J connectivity index is 2.05. The Labute approximate surface area is 117 Å². The average molecular weight is 272 g/mol. The minimum Gasteiger partial charge on any atom is -0.310 e. The first-order valence-electron chi connectivity index (χ1n) is 6.55. The summed E-state index contributed by atoms with van der Waals surface area (Å²) in [6.45, 7) is 3.64. The molecule has 0 atom stereocenters. The fraction of sp³-hybridized carbons (Fsp3) is 0.250. The molecule has 0 aliphatic carbocycles. The Morgan fingerprint density at radius 3 is 2.60 bits per heavy atom. The van der Waals surface area contributed by atoms with Gasteiger partial charge in [0.15, 0.2) is 0 Å². The number of rotatable bonds is 4. The van der Waals surface area contributed by atoms with E-state index >= 15 is 0 Å². The monoisotopic (exact) mass is 272 g/mol. The van der Waals surface area contributed by atoms with E-state index in [0.717, 1.165) is 5.56 Å². The van der Waals surface area contributed by atoms with Crippen LogP contribution in [0.2, 0.25) is 0 Å². The van der Waals surface area contributed by atoms with Crippen molar-refractivity contribution in [1.82, 2.24) is 4.98 Å². The van der Waals surface area contributed by atoms with E-state index in [1.165, 1.54) is 6.07 Å². The van der Waals surface area contributed by atoms with Crippen LogP contribution in [0.4, 0.5) is 10.2 Å². The van der Waals surface area contributed by atoms with Gasteiger partial charge in [-0.15, -0.1) is 0 Å². The molecule has 3 nitrogen and oxygen atoms in total. The molecule has 1 aromatic carbocycles. The SMILES string of the molecule is CC(C)C(=O)Nc1ccc(Cc2ccccc2F)cn1. The van der Waals surface area contributed by atoms with Crippen molar-refractivity contribution in [1.29, 1.82) is 0 Å². The summed E-state index contributed by atoms with van der Waals surface area (Å²) in [5, 5.41) is 2.72. The molecule has 1 heterocycles. The Morgan fingerprint density at radius 1 is 1.25 bits per heavy atom. The Morgan fingerprint density at radius 2 is 2.00 bits per heavy atom. The van der Waals surface area contributed by atoms with E-state index in [2.05, 4.69) is 10.3 Å². The molecule has 0 saturated carbocycles. The molecule has 2 rings (SSSR count). The second-order valence-corrected chi connectivity index (χ2v) is 4.96. The molecule has 0 aliphatic rings. The van der Waals surface area contributed by atoms with E-state index in [9.17, 15) is 9.18 Å². The van der Waals surface area contributed by atoms with Gasteiger partial charge in [0.1, 0.15) is 11.6 Å². The van der Waals surface area contributed by atoms with Gasteiger partial charge >= 0.3 is 0 Å². The fourth-order valence-corrected chi connectivity index (χ4v) is 1.74. The molecule has 20 heavy (non-hydrogen) atoms. The van der Waals surface area contributed by atoms with Crippen LogP contribution in [-0.2, 0) is 11.2 Å². The summed E-state index contributed by atoms with van der Waals surface area (Å²) in [7, 11) is 0. The third-order valence-corrected chi connectivity index (χ3v) is 2.95. The maximum absolute atomic E-state index is 13.5. The molecular formula is C16H17FN2O. The fourth-order valence-electron chi connectivity index (χ4n) is 1.74. The predicted octanol–water partition coefficient (Wildman–Crippen LogP) is 3.41. The number of halogens is 1. The van der Waals surface area contributed by atoms with Crippen LogP contribution in [0.3, 0.4) is 0 Å². The molecule has 0 bridgehead atoms. The van der Waals surface area contributed by atoms with Crippen molar-refractivity contribution in [2.45, 2.75) is 20.3 Å². The summed E-state index contributed by atoms with van der Waals surface area (Å²) < 4.78 is 13.5. The number of carbonyl (C=O) groups is 1. The van der Waals surface area contributed by atoms with Crippen molar-refractivity contribution in [2.75, 3.05) is 5.32 Å². The van der Waals surface area contributed by atoms with Gasteiger partial charge in [-0.25, -0.2) is 9.37 Å². The van der Waals surface area contributed by atoms with E-state index in [0.29, 0.717) is 17.8 Å². The molecule has 1 N–H and O–H groups in total. The maximum atomic E-state index is 13.5. The van der Waals surface area contributed by atoms with Gasteiger partial charge < -0.3 is 5.32 Å². The Hall–Kier alpha value is -2.23. The molecule has 4 heteroatoms. The van der Waals surface area contributed by atoms with Crippen LogP contribution >= 0.6 is 0 Å². The van der Waals surface area contributed by atoms with Crippen LogP contribution in [-0.4, -0.2) is 10.9 Å². The quantitative estimate of drug-likeness (QED) is 0.926. The molecule has 2 aromatic rings. The number of anilines is 1. The van der Waals surface area contributed by atoms with Crippen molar-refractivity contribution in [3.8, 4) is 0 Å². The molecule has 0 saturated heterocycles. The van der Waals surface area contributed by atoms with Gasteiger partial charge in [-0.05, 0) is 23.3 Å². The number of carbonyl (C=O) groups excluding carboxylic acids is 1. The lowest BCUT2D eigenvalue weighted by Crippen LogP contribution is -2.18. The van der Waals surface area contributed by atoms with Crippen LogP contribution in [0.1, 0.15) is 25.0 Å². The first kappa shape index (κ1) is 14.2. The lowest BCUT2D eigenvalue weighted by Gasteiger charge is -2.08. The average Bonchev–Trinajstić information content (AvgIpc) is 2.43. The highest BCUT2D eigenvalue weighted by Crippen LogP contribution is 2.14. The number of hydrogen-bond acceptors (Lipinski definition) is 2. The van der Waals surface area contributed by atoms with Crippen molar-refractivity contribution in [3.63, 3.8) is 0 Å².